The summed E-state index contributed by atoms with van der Waals surface area (Å²) in [4.78, 5) is 4.48. The van der Waals surface area contributed by atoms with E-state index in [-0.39, 0.29) is 22.7 Å². The first-order chi connectivity index (χ1) is 8.12. The van der Waals surface area contributed by atoms with Crippen molar-refractivity contribution in [2.24, 2.45) is 16.6 Å². The second-order valence-electron chi connectivity index (χ2n) is 5.13. The van der Waals surface area contributed by atoms with Crippen LogP contribution in [0.2, 0.25) is 0 Å². The van der Waals surface area contributed by atoms with E-state index in [1.165, 1.54) is 0 Å². The van der Waals surface area contributed by atoms with E-state index in [1.54, 1.807) is 11.8 Å². The van der Waals surface area contributed by atoms with Crippen molar-refractivity contribution in [2.45, 2.75) is 41.7 Å². The van der Waals surface area contributed by atoms with Crippen LogP contribution >= 0.6 is 23.4 Å². The van der Waals surface area contributed by atoms with Crippen LogP contribution in [0, 0.1) is 5.92 Å². The Bertz CT molecular complexity index is 348. The van der Waals surface area contributed by atoms with Crippen LogP contribution in [0.5, 0.6) is 0 Å². The summed E-state index contributed by atoms with van der Waals surface area (Å²) in [6, 6.07) is 0.165. The number of thioether (sulfide) groups is 1. The van der Waals surface area contributed by atoms with Crippen LogP contribution in [0.15, 0.2) is 4.99 Å². The molecule has 0 aromatic heterocycles. The molecule has 0 amide bonds. The minimum Gasteiger partial charge on any atom is -0.385 e. The number of amidine groups is 1. The van der Waals surface area contributed by atoms with E-state index in [0.29, 0.717) is 5.84 Å². The lowest BCUT2D eigenvalue weighted by Gasteiger charge is -2.39. The molecule has 3 aliphatic rings. The predicted octanol–water partition coefficient (Wildman–Crippen LogP) is 0.527. The number of nitrogens with two attached hydrogens (primary N) is 1. The van der Waals surface area contributed by atoms with Gasteiger partial charge in [-0.3, -0.25) is 4.99 Å². The molecule has 17 heavy (non-hydrogen) atoms. The molecule has 4 N–H and O–H groups in total. The molecule has 0 radical (unpaired) electrons. The summed E-state index contributed by atoms with van der Waals surface area (Å²) in [5.41, 5.74) is 5.00. The summed E-state index contributed by atoms with van der Waals surface area (Å²) in [5.74, 6) is 1.51. The second kappa shape index (κ2) is 4.30. The molecule has 2 fully saturated rings. The van der Waals surface area contributed by atoms with Crippen molar-refractivity contribution in [3.05, 3.63) is 0 Å². The number of aliphatic imine (C=N–C) groups is 1. The van der Waals surface area contributed by atoms with Crippen LogP contribution in [0.1, 0.15) is 19.3 Å². The molecule has 0 aromatic rings. The molecule has 1 saturated heterocycles. The normalized spacial score (nSPS) is 50.1. The molecular weight excluding hydrogens is 258 g/mol. The molecule has 0 spiro atoms. The minimum atomic E-state index is -1.00. The van der Waals surface area contributed by atoms with Gasteiger partial charge in [0.25, 0.3) is 0 Å². The highest BCUT2D eigenvalue weighted by Gasteiger charge is 2.56. The maximum atomic E-state index is 11.0. The molecule has 5 atom stereocenters. The first-order valence-electron chi connectivity index (χ1n) is 6.17. The summed E-state index contributed by atoms with van der Waals surface area (Å²) >= 11 is 7.97. The third kappa shape index (κ3) is 1.79. The van der Waals surface area contributed by atoms with Crippen molar-refractivity contribution in [1.29, 1.82) is 0 Å². The highest BCUT2D eigenvalue weighted by Crippen LogP contribution is 2.45. The number of alkyl halides is 1. The zero-order valence-corrected chi connectivity index (χ0v) is 11.2. The van der Waals surface area contributed by atoms with Gasteiger partial charge in [0.2, 0.25) is 0 Å². The minimum absolute atomic E-state index is 0.0248. The monoisotopic (exact) mass is 275 g/mol. The summed E-state index contributed by atoms with van der Waals surface area (Å²) in [6.07, 6.45) is 2.73. The van der Waals surface area contributed by atoms with Gasteiger partial charge in [0, 0.05) is 23.6 Å². The van der Waals surface area contributed by atoms with Gasteiger partial charge in [-0.2, -0.15) is 0 Å². The van der Waals surface area contributed by atoms with Gasteiger partial charge in [0.05, 0.1) is 11.4 Å². The van der Waals surface area contributed by atoms with Gasteiger partial charge in [-0.1, -0.05) is 0 Å². The first-order valence-corrected chi connectivity index (χ1v) is 7.66. The average molecular weight is 276 g/mol. The fourth-order valence-electron chi connectivity index (χ4n) is 3.24. The molecule has 2 heterocycles. The SMILES string of the molecule is NC1=NC2CCC(Cl)CC2C1(O)C1NCCS1. The van der Waals surface area contributed by atoms with Crippen LogP contribution in [-0.2, 0) is 0 Å². The lowest BCUT2D eigenvalue weighted by Crippen LogP contribution is -2.59. The van der Waals surface area contributed by atoms with E-state index in [0.717, 1.165) is 31.6 Å². The maximum absolute atomic E-state index is 11.0. The number of nitrogens with zero attached hydrogens (tertiary/aromatic N) is 1. The largest absolute Gasteiger partial charge is 0.385 e. The number of nitrogens with one attached hydrogen (secondary N) is 1. The summed E-state index contributed by atoms with van der Waals surface area (Å²) in [6.45, 7) is 0.923. The number of fused-ring (bicyclic) bond motifs is 1. The Morgan fingerprint density at radius 2 is 2.35 bits per heavy atom. The predicted molar refractivity (Wildman–Crippen MR) is 71.6 cm³/mol. The van der Waals surface area contributed by atoms with Gasteiger partial charge in [-0.05, 0) is 19.3 Å². The fraction of sp³-hybridized carbons (Fsp3) is 0.909. The Morgan fingerprint density at radius 3 is 3.06 bits per heavy atom. The zero-order valence-electron chi connectivity index (χ0n) is 9.60. The Labute approximate surface area is 110 Å². The van der Waals surface area contributed by atoms with E-state index in [2.05, 4.69) is 10.3 Å². The number of rotatable bonds is 1. The van der Waals surface area contributed by atoms with Crippen molar-refractivity contribution in [1.82, 2.24) is 5.32 Å². The highest BCUT2D eigenvalue weighted by molar-refractivity contribution is 8.00. The Kier molecular flexibility index (Phi) is 3.05. The fourth-order valence-corrected chi connectivity index (χ4v) is 4.81. The van der Waals surface area contributed by atoms with Gasteiger partial charge in [-0.25, -0.2) is 0 Å². The van der Waals surface area contributed by atoms with Gasteiger partial charge in [-0.15, -0.1) is 23.4 Å². The average Bonchev–Trinajstić information content (AvgIpc) is 2.90. The van der Waals surface area contributed by atoms with Crippen LogP contribution in [-0.4, -0.2) is 45.6 Å². The van der Waals surface area contributed by atoms with Gasteiger partial charge < -0.3 is 16.2 Å². The van der Waals surface area contributed by atoms with Crippen LogP contribution in [0.3, 0.4) is 0 Å². The third-order valence-corrected chi connectivity index (χ3v) is 5.84. The number of hydrogen-bond acceptors (Lipinski definition) is 5. The van der Waals surface area contributed by atoms with Crippen molar-refractivity contribution in [3.63, 3.8) is 0 Å². The van der Waals surface area contributed by atoms with Crippen molar-refractivity contribution in [2.75, 3.05) is 12.3 Å². The van der Waals surface area contributed by atoms with E-state index in [4.69, 9.17) is 17.3 Å². The number of halogens is 1. The van der Waals surface area contributed by atoms with Gasteiger partial charge >= 0.3 is 0 Å². The van der Waals surface area contributed by atoms with E-state index < -0.39 is 5.60 Å². The molecule has 3 rings (SSSR count). The van der Waals surface area contributed by atoms with Crippen molar-refractivity contribution in [3.8, 4) is 0 Å². The molecule has 0 aromatic carbocycles. The van der Waals surface area contributed by atoms with E-state index in [1.807, 2.05) is 0 Å². The molecule has 5 unspecified atom stereocenters. The smallest absolute Gasteiger partial charge is 0.150 e. The molecule has 2 aliphatic heterocycles. The lowest BCUT2D eigenvalue weighted by molar-refractivity contribution is 0.0275. The third-order valence-electron chi connectivity index (χ3n) is 4.15. The first kappa shape index (κ1) is 12.1. The summed E-state index contributed by atoms with van der Waals surface area (Å²) in [5, 5.41) is 14.4. The molecule has 1 aliphatic carbocycles. The summed E-state index contributed by atoms with van der Waals surface area (Å²) < 4.78 is 0. The number of hydrogen-bond donors (Lipinski definition) is 3. The quantitative estimate of drug-likeness (QED) is 0.611. The molecule has 6 heteroatoms. The number of aliphatic hydroxyl groups is 1. The molecule has 1 saturated carbocycles. The van der Waals surface area contributed by atoms with Crippen molar-refractivity contribution < 1.29 is 5.11 Å². The zero-order chi connectivity index (χ0) is 12.0. The standard InChI is InChI=1S/C11H18ClN3OS/c12-6-1-2-8-7(5-6)11(16,9(13)15-8)10-14-3-4-17-10/h6-8,10,14,16H,1-5H2,(H2,13,15). The van der Waals surface area contributed by atoms with Gasteiger partial charge in [0.15, 0.2) is 5.60 Å². The van der Waals surface area contributed by atoms with Crippen LogP contribution in [0.25, 0.3) is 0 Å². The molecule has 4 nitrogen and oxygen atoms in total. The Hall–Kier alpha value is 0.0300. The van der Waals surface area contributed by atoms with E-state index in [9.17, 15) is 5.11 Å². The summed E-state index contributed by atoms with van der Waals surface area (Å²) in [7, 11) is 0. The maximum Gasteiger partial charge on any atom is 0.150 e. The Balaban J connectivity index is 1.89. The second-order valence-corrected chi connectivity index (χ2v) is 6.96. The molecular formula is C11H18ClN3OS. The Morgan fingerprint density at radius 1 is 1.53 bits per heavy atom. The molecule has 0 bridgehead atoms. The van der Waals surface area contributed by atoms with Crippen LogP contribution < -0.4 is 11.1 Å². The highest BCUT2D eigenvalue weighted by atomic mass is 35.5. The van der Waals surface area contributed by atoms with Crippen LogP contribution in [0.4, 0.5) is 0 Å². The topological polar surface area (TPSA) is 70.6 Å². The lowest BCUT2D eigenvalue weighted by atomic mass is 9.75. The van der Waals surface area contributed by atoms with Gasteiger partial charge in [0.1, 0.15) is 5.84 Å². The van der Waals surface area contributed by atoms with Crippen molar-refractivity contribution >= 4 is 29.2 Å². The molecule has 96 valence electrons. The van der Waals surface area contributed by atoms with E-state index >= 15 is 0 Å².